The summed E-state index contributed by atoms with van der Waals surface area (Å²) >= 11 is 1.41. The van der Waals surface area contributed by atoms with E-state index in [1.54, 1.807) is 0 Å². The SMILES string of the molecule is C[C@H](NC(=O)CSc1nnc(C2CC2)n1-c1ccccc1)c1ccc2c(c1)OCCO2. The summed E-state index contributed by atoms with van der Waals surface area (Å²) in [5.41, 5.74) is 2.01. The molecule has 1 N–H and O–H groups in total. The first-order valence-electron chi connectivity index (χ1n) is 10.5. The summed E-state index contributed by atoms with van der Waals surface area (Å²) < 4.78 is 13.3. The number of nitrogens with zero attached hydrogens (tertiary/aromatic N) is 3. The van der Waals surface area contributed by atoms with Crippen molar-refractivity contribution in [3.05, 3.63) is 59.9 Å². The van der Waals surface area contributed by atoms with Crippen LogP contribution in [0, 0.1) is 0 Å². The van der Waals surface area contributed by atoms with Gasteiger partial charge in [-0.15, -0.1) is 10.2 Å². The van der Waals surface area contributed by atoms with Gasteiger partial charge in [0.05, 0.1) is 11.8 Å². The molecule has 1 aliphatic carbocycles. The second kappa shape index (κ2) is 8.63. The number of carbonyl (C=O) groups is 1. The van der Waals surface area contributed by atoms with Gasteiger partial charge in [0, 0.05) is 11.6 Å². The van der Waals surface area contributed by atoms with Crippen LogP contribution in [0.2, 0.25) is 0 Å². The fourth-order valence-electron chi connectivity index (χ4n) is 3.63. The fraction of sp³-hybridized carbons (Fsp3) is 0.348. The van der Waals surface area contributed by atoms with Crippen molar-refractivity contribution in [1.82, 2.24) is 20.1 Å². The molecule has 0 saturated heterocycles. The van der Waals surface area contributed by atoms with Crippen molar-refractivity contribution < 1.29 is 14.3 Å². The highest BCUT2D eigenvalue weighted by atomic mass is 32.2. The van der Waals surface area contributed by atoms with E-state index in [1.165, 1.54) is 11.8 Å². The van der Waals surface area contributed by atoms with Crippen LogP contribution in [0.5, 0.6) is 11.5 Å². The van der Waals surface area contributed by atoms with E-state index in [0.29, 0.717) is 19.1 Å². The Morgan fingerprint density at radius 2 is 1.90 bits per heavy atom. The lowest BCUT2D eigenvalue weighted by molar-refractivity contribution is -0.119. The van der Waals surface area contributed by atoms with E-state index >= 15 is 0 Å². The molecule has 1 fully saturated rings. The molecule has 1 aliphatic heterocycles. The van der Waals surface area contributed by atoms with Crippen molar-refractivity contribution in [3.8, 4) is 17.2 Å². The number of benzene rings is 2. The molecule has 1 atom stereocenters. The second-order valence-electron chi connectivity index (χ2n) is 7.77. The molecular formula is C23H24N4O3S. The summed E-state index contributed by atoms with van der Waals surface area (Å²) in [5.74, 6) is 3.14. The third-order valence-corrected chi connectivity index (χ3v) is 6.32. The first-order chi connectivity index (χ1) is 15.2. The number of hydrogen-bond acceptors (Lipinski definition) is 6. The molecule has 0 radical (unpaired) electrons. The number of ether oxygens (including phenoxy) is 2. The topological polar surface area (TPSA) is 78.3 Å². The van der Waals surface area contributed by atoms with Crippen LogP contribution in [-0.2, 0) is 4.79 Å². The van der Waals surface area contributed by atoms with Gasteiger partial charge in [-0.2, -0.15) is 0 Å². The normalized spacial score (nSPS) is 16.0. The molecule has 3 aromatic rings. The highest BCUT2D eigenvalue weighted by molar-refractivity contribution is 7.99. The molecular weight excluding hydrogens is 412 g/mol. The van der Waals surface area contributed by atoms with Crippen molar-refractivity contribution in [2.75, 3.05) is 19.0 Å². The molecule has 160 valence electrons. The Bertz CT molecular complexity index is 1080. The Morgan fingerprint density at radius 3 is 2.68 bits per heavy atom. The van der Waals surface area contributed by atoms with Gasteiger partial charge in [-0.3, -0.25) is 9.36 Å². The Labute approximate surface area is 185 Å². The van der Waals surface area contributed by atoms with E-state index < -0.39 is 0 Å². The van der Waals surface area contributed by atoms with Gasteiger partial charge < -0.3 is 14.8 Å². The van der Waals surface area contributed by atoms with Crippen molar-refractivity contribution in [1.29, 1.82) is 0 Å². The number of hydrogen-bond donors (Lipinski definition) is 1. The second-order valence-corrected chi connectivity index (χ2v) is 8.71. The third-order valence-electron chi connectivity index (χ3n) is 5.39. The lowest BCUT2D eigenvalue weighted by Gasteiger charge is -2.21. The van der Waals surface area contributed by atoms with Crippen molar-refractivity contribution >= 4 is 17.7 Å². The number of thioether (sulfide) groups is 1. The number of nitrogens with one attached hydrogen (secondary N) is 1. The maximum absolute atomic E-state index is 12.6. The zero-order chi connectivity index (χ0) is 21.2. The summed E-state index contributed by atoms with van der Waals surface area (Å²) in [4.78, 5) is 12.6. The van der Waals surface area contributed by atoms with Gasteiger partial charge in [-0.05, 0) is 49.6 Å². The van der Waals surface area contributed by atoms with Crippen molar-refractivity contribution in [3.63, 3.8) is 0 Å². The Kier molecular flexibility index (Phi) is 5.55. The average molecular weight is 437 g/mol. The lowest BCUT2D eigenvalue weighted by atomic mass is 10.1. The molecule has 5 rings (SSSR count). The molecule has 0 bridgehead atoms. The molecule has 1 amide bonds. The van der Waals surface area contributed by atoms with E-state index in [-0.39, 0.29) is 17.7 Å². The summed E-state index contributed by atoms with van der Waals surface area (Å²) in [6.07, 6.45) is 2.28. The zero-order valence-electron chi connectivity index (χ0n) is 17.3. The van der Waals surface area contributed by atoms with Gasteiger partial charge in [0.1, 0.15) is 19.0 Å². The average Bonchev–Trinajstić information content (AvgIpc) is 3.57. The van der Waals surface area contributed by atoms with Gasteiger partial charge >= 0.3 is 0 Å². The van der Waals surface area contributed by atoms with Gasteiger partial charge in [-0.25, -0.2) is 0 Å². The smallest absolute Gasteiger partial charge is 0.230 e. The molecule has 2 aromatic carbocycles. The van der Waals surface area contributed by atoms with Crippen LogP contribution in [0.4, 0.5) is 0 Å². The van der Waals surface area contributed by atoms with Gasteiger partial charge in [0.2, 0.25) is 5.91 Å². The minimum Gasteiger partial charge on any atom is -0.486 e. The van der Waals surface area contributed by atoms with E-state index in [9.17, 15) is 4.79 Å². The minimum atomic E-state index is -0.141. The van der Waals surface area contributed by atoms with Gasteiger partial charge in [0.25, 0.3) is 0 Å². The molecule has 1 saturated carbocycles. The van der Waals surface area contributed by atoms with Crippen LogP contribution in [0.3, 0.4) is 0 Å². The maximum Gasteiger partial charge on any atom is 0.230 e. The van der Waals surface area contributed by atoms with Crippen LogP contribution in [0.1, 0.15) is 43.1 Å². The zero-order valence-corrected chi connectivity index (χ0v) is 18.1. The van der Waals surface area contributed by atoms with Crippen LogP contribution < -0.4 is 14.8 Å². The number of amides is 1. The number of para-hydroxylation sites is 1. The monoisotopic (exact) mass is 436 g/mol. The van der Waals surface area contributed by atoms with E-state index in [0.717, 1.165) is 46.6 Å². The van der Waals surface area contributed by atoms with Crippen LogP contribution >= 0.6 is 11.8 Å². The molecule has 1 aromatic heterocycles. The van der Waals surface area contributed by atoms with Crippen molar-refractivity contribution in [2.45, 2.75) is 36.9 Å². The predicted octanol–water partition coefficient (Wildman–Crippen LogP) is 3.89. The highest BCUT2D eigenvalue weighted by Gasteiger charge is 2.31. The van der Waals surface area contributed by atoms with Crippen LogP contribution in [0.25, 0.3) is 5.69 Å². The summed E-state index contributed by atoms with van der Waals surface area (Å²) in [5, 5.41) is 12.6. The largest absolute Gasteiger partial charge is 0.486 e. The van der Waals surface area contributed by atoms with Crippen LogP contribution in [-0.4, -0.2) is 39.6 Å². The van der Waals surface area contributed by atoms with Crippen molar-refractivity contribution in [2.24, 2.45) is 0 Å². The molecule has 7 nitrogen and oxygen atoms in total. The molecule has 31 heavy (non-hydrogen) atoms. The van der Waals surface area contributed by atoms with E-state index in [1.807, 2.05) is 55.5 Å². The Morgan fingerprint density at radius 1 is 1.13 bits per heavy atom. The number of carbonyl (C=O) groups excluding carboxylic acids is 1. The first kappa shape index (κ1) is 19.9. The molecule has 8 heteroatoms. The lowest BCUT2D eigenvalue weighted by Crippen LogP contribution is -2.28. The molecule has 2 heterocycles. The quantitative estimate of drug-likeness (QED) is 0.566. The summed E-state index contributed by atoms with van der Waals surface area (Å²) in [7, 11) is 0. The van der Waals surface area contributed by atoms with E-state index in [2.05, 4.69) is 20.1 Å². The van der Waals surface area contributed by atoms with Crippen LogP contribution in [0.15, 0.2) is 53.7 Å². The molecule has 0 spiro atoms. The predicted molar refractivity (Wildman–Crippen MR) is 118 cm³/mol. The number of fused-ring (bicyclic) bond motifs is 1. The van der Waals surface area contributed by atoms with E-state index in [4.69, 9.17) is 9.47 Å². The minimum absolute atomic E-state index is 0.0528. The molecule has 0 unspecified atom stereocenters. The third kappa shape index (κ3) is 4.39. The summed E-state index contributed by atoms with van der Waals surface area (Å²) in [6, 6.07) is 15.7. The maximum atomic E-state index is 12.6. The number of rotatable bonds is 7. The standard InChI is InChI=1S/C23H24N4O3S/c1-15(17-9-10-19-20(13-17)30-12-11-29-19)24-21(28)14-31-23-26-25-22(16-7-8-16)27(23)18-5-3-2-4-6-18/h2-6,9-10,13,15-16H,7-8,11-12,14H2,1H3,(H,24,28)/t15-/m0/s1. The molecule has 2 aliphatic rings. The number of aromatic nitrogens is 3. The first-order valence-corrected chi connectivity index (χ1v) is 11.5. The van der Waals surface area contributed by atoms with Gasteiger partial charge in [-0.1, -0.05) is 36.0 Å². The Hall–Kier alpha value is -3.00. The Balaban J connectivity index is 1.25. The highest BCUT2D eigenvalue weighted by Crippen LogP contribution is 2.41. The van der Waals surface area contributed by atoms with Gasteiger partial charge in [0.15, 0.2) is 16.7 Å². The summed E-state index contributed by atoms with van der Waals surface area (Å²) in [6.45, 7) is 3.07. The fourth-order valence-corrected chi connectivity index (χ4v) is 4.40.